The Hall–Kier alpha value is -4.57. The van der Waals surface area contributed by atoms with E-state index in [1.165, 1.54) is 0 Å². The van der Waals surface area contributed by atoms with Crippen molar-refractivity contribution in [2.24, 2.45) is 10.8 Å². The Morgan fingerprint density at radius 3 is 1.59 bits per heavy atom. The normalized spacial score (nSPS) is 14.7. The van der Waals surface area contributed by atoms with Gasteiger partial charge in [-0.1, -0.05) is 13.8 Å². The fourth-order valence-electron chi connectivity index (χ4n) is 3.64. The standard InChI is InChI=1S/C10H16N2O3.C10H15NO.C6H8N2.C4H7NO.C3H2N2/c1-12-4-6-14-8-10-15-9-7-13-5-2-3-11;1-9(2)4-8(12)5-10(3,6-9)7-11;1-8-6-4-2-3-5-7;1-6-4-2-3-5;1-5-3-2-4/h2,4-10H2;4-6H2,1-3H3;2-4,6H2;2,4H2,1H3;3H2. The molecule has 0 radical (unpaired) electrons. The molecule has 1 aliphatic carbocycles. The van der Waals surface area contributed by atoms with Crippen LogP contribution in [0.15, 0.2) is 0 Å². The number of hydrogen-bond donors (Lipinski definition) is 0. The second-order valence-electron chi connectivity index (χ2n) is 10.4. The van der Waals surface area contributed by atoms with Gasteiger partial charge in [0.15, 0.2) is 0 Å². The SMILES string of the molecule is CC1(C)CC(=O)CC(C)(C#N)C1.COCCC#N.[C-]#[N+]CC#N.[C-]#[N+]CCCCC#N.[C-]#[N+]CCOCCOCCOCCC#N. The molecular weight excluding hydrogens is 588 g/mol. The van der Waals surface area contributed by atoms with Gasteiger partial charge in [-0.3, -0.25) is 4.79 Å². The van der Waals surface area contributed by atoms with Crippen molar-refractivity contribution in [2.75, 3.05) is 73.0 Å². The highest BCUT2D eigenvalue weighted by Crippen LogP contribution is 2.43. The molecule has 1 atom stereocenters. The fourth-order valence-corrected chi connectivity index (χ4v) is 3.64. The number of nitrogens with zero attached hydrogens (tertiary/aromatic N) is 8. The number of ether oxygens (including phenoxy) is 4. The maximum Gasteiger partial charge on any atom is 0.298 e. The number of nitriles is 5. The van der Waals surface area contributed by atoms with E-state index in [1.807, 2.05) is 25.1 Å². The Labute approximate surface area is 276 Å². The molecule has 0 heterocycles. The molecule has 0 amide bonds. The third-order valence-electron chi connectivity index (χ3n) is 5.23. The number of ketones is 1. The van der Waals surface area contributed by atoms with E-state index in [4.69, 9.17) is 60.2 Å². The average molecular weight is 637 g/mol. The second-order valence-corrected chi connectivity index (χ2v) is 10.4. The van der Waals surface area contributed by atoms with Gasteiger partial charge in [-0.05, 0) is 25.2 Å². The van der Waals surface area contributed by atoms with E-state index in [9.17, 15) is 4.79 Å². The number of rotatable bonds is 15. The molecule has 0 N–H and O–H groups in total. The van der Waals surface area contributed by atoms with Crippen LogP contribution in [0.3, 0.4) is 0 Å². The minimum absolute atomic E-state index is 0.0137. The van der Waals surface area contributed by atoms with Crippen molar-refractivity contribution in [3.8, 4) is 30.3 Å². The van der Waals surface area contributed by atoms with E-state index in [-0.39, 0.29) is 17.7 Å². The highest BCUT2D eigenvalue weighted by molar-refractivity contribution is 5.81. The zero-order chi connectivity index (χ0) is 35.8. The molecule has 0 spiro atoms. The summed E-state index contributed by atoms with van der Waals surface area (Å²) >= 11 is 0. The zero-order valence-corrected chi connectivity index (χ0v) is 27.8. The quantitative estimate of drug-likeness (QED) is 0.122. The van der Waals surface area contributed by atoms with Gasteiger partial charge in [0, 0.05) is 32.8 Å². The summed E-state index contributed by atoms with van der Waals surface area (Å²) in [5.74, 6) is 0.232. The number of unbranched alkanes of at least 4 members (excludes halogenated alkanes) is 2. The maximum absolute atomic E-state index is 11.3. The molecule has 0 aliphatic heterocycles. The van der Waals surface area contributed by atoms with Gasteiger partial charge in [-0.15, -0.1) is 0 Å². The number of methoxy groups -OCH3 is 1. The fraction of sp³-hybridized carbons (Fsp3) is 0.727. The van der Waals surface area contributed by atoms with E-state index >= 15 is 0 Å². The van der Waals surface area contributed by atoms with Gasteiger partial charge in [0.05, 0.1) is 82.2 Å². The third kappa shape index (κ3) is 43.9. The van der Waals surface area contributed by atoms with Crippen LogP contribution in [0.2, 0.25) is 0 Å². The minimum atomic E-state index is -0.418. The van der Waals surface area contributed by atoms with Crippen LogP contribution in [-0.4, -0.2) is 78.8 Å². The second kappa shape index (κ2) is 38.5. The molecule has 0 aromatic heterocycles. The van der Waals surface area contributed by atoms with Crippen LogP contribution in [0, 0.1) is 87.2 Å². The molecule has 13 nitrogen and oxygen atoms in total. The van der Waals surface area contributed by atoms with Gasteiger partial charge < -0.3 is 33.5 Å². The Morgan fingerprint density at radius 2 is 1.20 bits per heavy atom. The Morgan fingerprint density at radius 1 is 0.674 bits per heavy atom. The first-order valence-corrected chi connectivity index (χ1v) is 14.7. The zero-order valence-electron chi connectivity index (χ0n) is 27.8. The van der Waals surface area contributed by atoms with E-state index in [0.29, 0.717) is 91.4 Å². The maximum atomic E-state index is 11.3. The molecule has 0 aromatic carbocycles. The van der Waals surface area contributed by atoms with Crippen LogP contribution < -0.4 is 0 Å². The lowest BCUT2D eigenvalue weighted by atomic mass is 9.65. The molecule has 1 unspecified atom stereocenters. The Balaban J connectivity index is -0.000000254. The Bertz CT molecular complexity index is 1050. The van der Waals surface area contributed by atoms with Crippen molar-refractivity contribution in [3.63, 3.8) is 0 Å². The first-order chi connectivity index (χ1) is 22.0. The largest absolute Gasteiger partial charge is 0.384 e. The van der Waals surface area contributed by atoms with Crippen molar-refractivity contribution >= 4 is 5.78 Å². The van der Waals surface area contributed by atoms with Crippen LogP contribution in [0.5, 0.6) is 0 Å². The van der Waals surface area contributed by atoms with E-state index in [2.05, 4.69) is 39.2 Å². The number of Topliss-reactive ketones (excluding diaryl/α,β-unsaturated/α-hetero) is 1. The summed E-state index contributed by atoms with van der Waals surface area (Å²) in [4.78, 5) is 20.3. The number of carbonyl (C=O) groups excluding carboxylic acids is 1. The lowest BCUT2D eigenvalue weighted by Crippen LogP contribution is -2.34. The lowest BCUT2D eigenvalue weighted by molar-refractivity contribution is -0.126. The summed E-state index contributed by atoms with van der Waals surface area (Å²) in [6.45, 7) is 29.3. The highest BCUT2D eigenvalue weighted by atomic mass is 16.5. The summed E-state index contributed by atoms with van der Waals surface area (Å²) in [6, 6.07) is 9.86. The summed E-state index contributed by atoms with van der Waals surface area (Å²) in [5, 5.41) is 40.6. The van der Waals surface area contributed by atoms with E-state index in [1.54, 1.807) is 13.2 Å². The van der Waals surface area contributed by atoms with Crippen molar-refractivity contribution in [2.45, 2.75) is 72.1 Å². The molecule has 1 saturated carbocycles. The smallest absolute Gasteiger partial charge is 0.298 e. The molecular formula is C33H48N8O5. The van der Waals surface area contributed by atoms with Gasteiger partial charge in [-0.2, -0.15) is 26.3 Å². The summed E-state index contributed by atoms with van der Waals surface area (Å²) in [5.41, 5.74) is -0.404. The third-order valence-corrected chi connectivity index (χ3v) is 5.23. The van der Waals surface area contributed by atoms with E-state index < -0.39 is 5.41 Å². The van der Waals surface area contributed by atoms with Crippen molar-refractivity contribution in [1.29, 1.82) is 26.3 Å². The predicted molar refractivity (Wildman–Crippen MR) is 171 cm³/mol. The highest BCUT2D eigenvalue weighted by Gasteiger charge is 2.40. The number of carbonyl (C=O) groups is 1. The molecule has 46 heavy (non-hydrogen) atoms. The summed E-state index contributed by atoms with van der Waals surface area (Å²) in [7, 11) is 1.58. The van der Waals surface area contributed by atoms with E-state index in [0.717, 1.165) is 19.3 Å². The van der Waals surface area contributed by atoms with Gasteiger partial charge in [-0.25, -0.2) is 19.7 Å². The summed E-state index contributed by atoms with van der Waals surface area (Å²) < 4.78 is 19.9. The molecule has 0 saturated heterocycles. The van der Waals surface area contributed by atoms with Crippen LogP contribution in [0.4, 0.5) is 0 Å². The number of hydrogen-bond acceptors (Lipinski definition) is 10. The molecule has 0 aromatic rings. The van der Waals surface area contributed by atoms with Crippen LogP contribution in [0.1, 0.15) is 72.1 Å². The monoisotopic (exact) mass is 636 g/mol. The minimum Gasteiger partial charge on any atom is -0.384 e. The first-order valence-electron chi connectivity index (χ1n) is 14.7. The van der Waals surface area contributed by atoms with Gasteiger partial charge >= 0.3 is 0 Å². The van der Waals surface area contributed by atoms with Crippen molar-refractivity contribution in [1.82, 2.24) is 0 Å². The molecule has 250 valence electrons. The topological polar surface area (TPSA) is 186 Å². The predicted octanol–water partition coefficient (Wildman–Crippen LogP) is 5.74. The molecule has 1 aliphatic rings. The lowest BCUT2D eigenvalue weighted by Gasteiger charge is -2.37. The molecule has 0 bridgehead atoms. The van der Waals surface area contributed by atoms with Gasteiger partial charge in [0.25, 0.3) is 6.54 Å². The van der Waals surface area contributed by atoms with Gasteiger partial charge in [0.2, 0.25) is 13.1 Å². The van der Waals surface area contributed by atoms with Crippen molar-refractivity contribution in [3.05, 3.63) is 34.3 Å². The van der Waals surface area contributed by atoms with Gasteiger partial charge in [0.1, 0.15) is 18.5 Å². The van der Waals surface area contributed by atoms with Crippen molar-refractivity contribution < 1.29 is 23.7 Å². The van der Waals surface area contributed by atoms with Crippen LogP contribution >= 0.6 is 0 Å². The molecule has 1 fully saturated rings. The molecule has 13 heteroatoms. The average Bonchev–Trinajstić information content (AvgIpc) is 3.01. The van der Waals surface area contributed by atoms with Crippen LogP contribution in [-0.2, 0) is 23.7 Å². The first kappa shape index (κ1) is 48.3. The summed E-state index contributed by atoms with van der Waals surface area (Å²) in [6.07, 6.45) is 5.15. The molecule has 1 rings (SSSR count). The van der Waals surface area contributed by atoms with Crippen LogP contribution in [0.25, 0.3) is 14.5 Å². The Kier molecular flexibility index (Phi) is 40.4.